The number of aryl methyl sites for hydroxylation is 1. The highest BCUT2D eigenvalue weighted by Crippen LogP contribution is 2.36. The second kappa shape index (κ2) is 13.9. The number of likely N-dealkylation sites (N-methyl/N-ethyl adjacent to an activating group) is 1. The van der Waals surface area contributed by atoms with Gasteiger partial charge in [0.15, 0.2) is 0 Å². The monoisotopic (exact) mass is 636 g/mol. The topological polar surface area (TPSA) is 139 Å². The Labute approximate surface area is 254 Å². The van der Waals surface area contributed by atoms with E-state index in [1.54, 1.807) is 31.2 Å². The highest BCUT2D eigenvalue weighted by atomic mass is 35.5. The molecule has 3 aromatic rings. The van der Waals surface area contributed by atoms with E-state index in [9.17, 15) is 28.1 Å². The fraction of sp³-hybridized carbons (Fsp3) is 0.286. The smallest absolute Gasteiger partial charge is 0.273 e. The number of halogens is 2. The lowest BCUT2D eigenvalue weighted by atomic mass is 10.1. The summed E-state index contributed by atoms with van der Waals surface area (Å²) in [5, 5.41) is 14.8. The van der Waals surface area contributed by atoms with Crippen molar-refractivity contribution >= 4 is 56.4 Å². The molecule has 14 heteroatoms. The molecule has 0 aromatic heterocycles. The van der Waals surface area contributed by atoms with Crippen LogP contribution in [0.3, 0.4) is 0 Å². The highest BCUT2D eigenvalue weighted by Gasteiger charge is 2.34. The van der Waals surface area contributed by atoms with Gasteiger partial charge in [0, 0.05) is 34.8 Å². The molecule has 0 unspecified atom stereocenters. The first-order chi connectivity index (χ1) is 19.8. The third-order valence-corrected chi connectivity index (χ3v) is 8.64. The zero-order valence-electron chi connectivity index (χ0n) is 23.3. The SMILES string of the molecule is CCNC(=O)[C@@H](C)N(Cc1cccc(Cl)c1)C(=O)CN(c1cc(Cl)ccc1OC)S(=O)(=O)c1ccc(C)c([N+](=O)[O-])c1. The Balaban J connectivity index is 2.17. The Morgan fingerprint density at radius 1 is 1.07 bits per heavy atom. The molecule has 0 saturated carbocycles. The number of carbonyl (C=O) groups excluding carboxylic acids is 2. The Hall–Kier alpha value is -3.87. The van der Waals surface area contributed by atoms with Gasteiger partial charge in [0.2, 0.25) is 11.8 Å². The van der Waals surface area contributed by atoms with Gasteiger partial charge in [-0.05, 0) is 62.7 Å². The van der Waals surface area contributed by atoms with Crippen molar-refractivity contribution in [2.75, 3.05) is 24.5 Å². The van der Waals surface area contributed by atoms with Crippen LogP contribution in [0.1, 0.15) is 25.0 Å². The van der Waals surface area contributed by atoms with E-state index in [1.807, 2.05) is 0 Å². The van der Waals surface area contributed by atoms with Crippen LogP contribution in [0.5, 0.6) is 5.75 Å². The van der Waals surface area contributed by atoms with Gasteiger partial charge < -0.3 is 15.0 Å². The predicted octanol–water partition coefficient (Wildman–Crippen LogP) is 4.97. The minimum atomic E-state index is -4.62. The third kappa shape index (κ3) is 7.50. The molecule has 0 aliphatic rings. The normalized spacial score (nSPS) is 11.9. The summed E-state index contributed by atoms with van der Waals surface area (Å²) in [7, 11) is -3.30. The molecule has 3 aromatic carbocycles. The summed E-state index contributed by atoms with van der Waals surface area (Å²) in [5.74, 6) is -1.10. The van der Waals surface area contributed by atoms with Gasteiger partial charge in [0.05, 0.1) is 22.6 Å². The fourth-order valence-corrected chi connectivity index (χ4v) is 6.00. The van der Waals surface area contributed by atoms with E-state index in [-0.39, 0.29) is 28.6 Å². The van der Waals surface area contributed by atoms with E-state index < -0.39 is 49.9 Å². The second-order valence-corrected chi connectivity index (χ2v) is 12.0. The van der Waals surface area contributed by atoms with Crippen LogP contribution in [0.2, 0.25) is 10.0 Å². The molecular formula is C28H30Cl2N4O7S. The number of hydrogen-bond acceptors (Lipinski definition) is 7. The predicted molar refractivity (Wildman–Crippen MR) is 161 cm³/mol. The maximum absolute atomic E-state index is 14.1. The van der Waals surface area contributed by atoms with Crippen LogP contribution in [0, 0.1) is 17.0 Å². The lowest BCUT2D eigenvalue weighted by Gasteiger charge is -2.32. The first-order valence-electron chi connectivity index (χ1n) is 12.7. The third-order valence-electron chi connectivity index (χ3n) is 6.41. The minimum Gasteiger partial charge on any atom is -0.495 e. The van der Waals surface area contributed by atoms with Gasteiger partial charge in [-0.15, -0.1) is 0 Å². The number of ether oxygens (including phenoxy) is 1. The van der Waals surface area contributed by atoms with E-state index in [2.05, 4.69) is 5.32 Å². The number of methoxy groups -OCH3 is 1. The fourth-order valence-electron chi connectivity index (χ4n) is 4.18. The average molecular weight is 638 g/mol. The molecular weight excluding hydrogens is 607 g/mol. The molecule has 0 saturated heterocycles. The summed E-state index contributed by atoms with van der Waals surface area (Å²) in [6, 6.07) is 13.4. The Kier molecular flexibility index (Phi) is 10.8. The van der Waals surface area contributed by atoms with Crippen LogP contribution in [0.15, 0.2) is 65.6 Å². The van der Waals surface area contributed by atoms with E-state index in [4.69, 9.17) is 27.9 Å². The van der Waals surface area contributed by atoms with Crippen LogP contribution in [-0.2, 0) is 26.2 Å². The number of benzene rings is 3. The molecule has 224 valence electrons. The summed E-state index contributed by atoms with van der Waals surface area (Å²) in [5.41, 5.74) is 0.379. The summed E-state index contributed by atoms with van der Waals surface area (Å²) in [6.07, 6.45) is 0. The van der Waals surface area contributed by atoms with Crippen molar-refractivity contribution in [2.24, 2.45) is 0 Å². The number of nitro groups is 1. The highest BCUT2D eigenvalue weighted by molar-refractivity contribution is 7.92. The van der Waals surface area contributed by atoms with Gasteiger partial charge in [-0.3, -0.25) is 24.0 Å². The van der Waals surface area contributed by atoms with Gasteiger partial charge in [-0.1, -0.05) is 41.4 Å². The van der Waals surface area contributed by atoms with Crippen molar-refractivity contribution in [3.8, 4) is 5.75 Å². The molecule has 0 radical (unpaired) electrons. The summed E-state index contributed by atoms with van der Waals surface area (Å²) in [6.45, 7) is 4.20. The lowest BCUT2D eigenvalue weighted by molar-refractivity contribution is -0.385. The Bertz CT molecular complexity index is 1600. The standard InChI is InChI=1S/C28H30Cl2N4O7S/c1-5-31-28(36)19(3)32(16-20-7-6-8-21(29)13-20)27(35)17-33(25-14-22(30)10-12-26(25)41-4)42(39,40)23-11-9-18(2)24(15-23)34(37)38/h6-15,19H,5,16-17H2,1-4H3,(H,31,36)/t19-/m1/s1. The number of nitrogens with one attached hydrogen (secondary N) is 1. The van der Waals surface area contributed by atoms with Crippen LogP contribution in [0.4, 0.5) is 11.4 Å². The molecule has 3 rings (SSSR count). The molecule has 0 aliphatic heterocycles. The van der Waals surface area contributed by atoms with E-state index in [0.717, 1.165) is 10.4 Å². The van der Waals surface area contributed by atoms with Gasteiger partial charge in [0.1, 0.15) is 18.3 Å². The largest absolute Gasteiger partial charge is 0.495 e. The molecule has 0 spiro atoms. The molecule has 1 N–H and O–H groups in total. The maximum atomic E-state index is 14.1. The first-order valence-corrected chi connectivity index (χ1v) is 14.9. The van der Waals surface area contributed by atoms with Crippen LogP contribution >= 0.6 is 23.2 Å². The van der Waals surface area contributed by atoms with Crippen LogP contribution in [-0.4, -0.2) is 56.3 Å². The molecule has 0 bridgehead atoms. The molecule has 11 nitrogen and oxygen atoms in total. The van der Waals surface area contributed by atoms with E-state index in [0.29, 0.717) is 17.1 Å². The number of amides is 2. The maximum Gasteiger partial charge on any atom is 0.273 e. The number of nitrogens with zero attached hydrogens (tertiary/aromatic N) is 3. The zero-order valence-corrected chi connectivity index (χ0v) is 25.7. The average Bonchev–Trinajstić information content (AvgIpc) is 2.94. The molecule has 2 amide bonds. The van der Waals surface area contributed by atoms with Crippen LogP contribution in [0.25, 0.3) is 0 Å². The Morgan fingerprint density at radius 2 is 1.76 bits per heavy atom. The van der Waals surface area contributed by atoms with Crippen molar-refractivity contribution in [2.45, 2.75) is 38.3 Å². The van der Waals surface area contributed by atoms with Crippen molar-refractivity contribution in [3.05, 3.63) is 92.0 Å². The first kappa shape index (κ1) is 32.6. The van der Waals surface area contributed by atoms with Gasteiger partial charge in [0.25, 0.3) is 15.7 Å². The number of hydrogen-bond donors (Lipinski definition) is 1. The molecule has 0 aliphatic carbocycles. The van der Waals surface area contributed by atoms with Crippen molar-refractivity contribution in [3.63, 3.8) is 0 Å². The van der Waals surface area contributed by atoms with Gasteiger partial charge in [-0.25, -0.2) is 8.42 Å². The Morgan fingerprint density at radius 3 is 2.38 bits per heavy atom. The lowest BCUT2D eigenvalue weighted by Crippen LogP contribution is -2.51. The molecule has 1 atom stereocenters. The van der Waals surface area contributed by atoms with Gasteiger partial charge >= 0.3 is 0 Å². The summed E-state index contributed by atoms with van der Waals surface area (Å²) >= 11 is 12.4. The van der Waals surface area contributed by atoms with E-state index in [1.165, 1.54) is 56.2 Å². The van der Waals surface area contributed by atoms with E-state index >= 15 is 0 Å². The molecule has 0 fully saturated rings. The van der Waals surface area contributed by atoms with Crippen molar-refractivity contribution < 1.29 is 27.7 Å². The van der Waals surface area contributed by atoms with Gasteiger partial charge in [-0.2, -0.15) is 0 Å². The number of rotatable bonds is 12. The van der Waals surface area contributed by atoms with Crippen molar-refractivity contribution in [1.82, 2.24) is 10.2 Å². The number of carbonyl (C=O) groups is 2. The number of sulfonamides is 1. The number of anilines is 1. The second-order valence-electron chi connectivity index (χ2n) is 9.26. The molecule has 0 heterocycles. The summed E-state index contributed by atoms with van der Waals surface area (Å²) < 4.78 is 34.4. The van der Waals surface area contributed by atoms with Crippen LogP contribution < -0.4 is 14.4 Å². The minimum absolute atomic E-state index is 0.0612. The van der Waals surface area contributed by atoms with Crippen molar-refractivity contribution in [1.29, 1.82) is 0 Å². The zero-order chi connectivity index (χ0) is 31.2. The number of nitro benzene ring substituents is 1. The summed E-state index contributed by atoms with van der Waals surface area (Å²) in [4.78, 5) is 38.5. The quantitative estimate of drug-likeness (QED) is 0.219. The molecule has 42 heavy (non-hydrogen) atoms.